The van der Waals surface area contributed by atoms with E-state index in [-0.39, 0.29) is 9.37 Å². The number of sulfone groups is 1. The molecule has 1 aromatic rings. The van der Waals surface area contributed by atoms with Gasteiger partial charge in [-0.25, -0.2) is 12.8 Å². The maximum atomic E-state index is 13.7. The van der Waals surface area contributed by atoms with Gasteiger partial charge in [0.25, 0.3) is 0 Å². The number of rotatable bonds is 3. The van der Waals surface area contributed by atoms with Gasteiger partial charge in [-0.1, -0.05) is 0 Å². The fourth-order valence-corrected chi connectivity index (χ4v) is 3.79. The van der Waals surface area contributed by atoms with Crippen LogP contribution in [-0.2, 0) is 16.3 Å². The Bertz CT molecular complexity index is 512. The van der Waals surface area contributed by atoms with E-state index < -0.39 is 21.2 Å². The Kier molecular flexibility index (Phi) is 4.01. The molecule has 0 aliphatic carbocycles. The lowest BCUT2D eigenvalue weighted by Crippen LogP contribution is -2.34. The molecule has 0 bridgehead atoms. The van der Waals surface area contributed by atoms with Gasteiger partial charge in [-0.05, 0) is 53.9 Å². The van der Waals surface area contributed by atoms with Gasteiger partial charge in [-0.2, -0.15) is 0 Å². The summed E-state index contributed by atoms with van der Waals surface area (Å²) in [6.07, 6.45) is 1.44. The first-order chi connectivity index (χ1) is 7.50. The summed E-state index contributed by atoms with van der Waals surface area (Å²) in [7, 11) is -3.58. The summed E-state index contributed by atoms with van der Waals surface area (Å²) in [5.74, 6) is -0.749. The van der Waals surface area contributed by atoms with Crippen LogP contribution >= 0.6 is 15.9 Å². The van der Waals surface area contributed by atoms with E-state index in [2.05, 4.69) is 15.9 Å². The van der Waals surface area contributed by atoms with Crippen molar-refractivity contribution in [2.45, 2.75) is 30.7 Å². The lowest BCUT2D eigenvalue weighted by atomic mass is 9.96. The molecule has 3 nitrogen and oxygen atoms in total. The molecule has 1 aromatic carbocycles. The third-order valence-electron chi connectivity index (χ3n) is 2.09. The van der Waals surface area contributed by atoms with Crippen molar-refractivity contribution in [3.05, 3.63) is 28.0 Å². The van der Waals surface area contributed by atoms with Crippen LogP contribution in [0.15, 0.2) is 21.5 Å². The summed E-state index contributed by atoms with van der Waals surface area (Å²) >= 11 is 3.08. The van der Waals surface area contributed by atoms with E-state index in [0.717, 1.165) is 6.26 Å². The number of halogens is 2. The first kappa shape index (κ1) is 14.6. The molecule has 0 fully saturated rings. The maximum Gasteiger partial charge on any atom is 0.179 e. The fourth-order valence-electron chi connectivity index (χ4n) is 1.59. The molecule has 2 N–H and O–H groups in total. The van der Waals surface area contributed by atoms with Crippen LogP contribution in [0.4, 0.5) is 4.39 Å². The summed E-state index contributed by atoms with van der Waals surface area (Å²) in [4.78, 5) is -0.309. The topological polar surface area (TPSA) is 60.2 Å². The van der Waals surface area contributed by atoms with Gasteiger partial charge < -0.3 is 5.73 Å². The lowest BCUT2D eigenvalue weighted by Gasteiger charge is -2.19. The molecule has 0 heterocycles. The van der Waals surface area contributed by atoms with Crippen LogP contribution < -0.4 is 5.73 Å². The third kappa shape index (κ3) is 4.04. The predicted octanol–water partition coefficient (Wildman–Crippen LogP) is 2.27. The summed E-state index contributed by atoms with van der Waals surface area (Å²) < 4.78 is 36.7. The average Bonchev–Trinajstić information content (AvgIpc) is 1.94. The van der Waals surface area contributed by atoms with Crippen molar-refractivity contribution in [1.29, 1.82) is 0 Å². The van der Waals surface area contributed by atoms with Crippen molar-refractivity contribution in [3.8, 4) is 0 Å². The van der Waals surface area contributed by atoms with Gasteiger partial charge >= 0.3 is 0 Å². The minimum Gasteiger partial charge on any atom is -0.325 e. The molecule has 0 saturated heterocycles. The van der Waals surface area contributed by atoms with Crippen LogP contribution in [0.2, 0.25) is 0 Å². The molecule has 0 saturated carbocycles. The minimum absolute atomic E-state index is 0.235. The fraction of sp³-hybridized carbons (Fsp3) is 0.455. The number of hydrogen-bond acceptors (Lipinski definition) is 3. The summed E-state index contributed by atoms with van der Waals surface area (Å²) in [5, 5.41) is 0. The highest BCUT2D eigenvalue weighted by Crippen LogP contribution is 2.27. The van der Waals surface area contributed by atoms with Crippen molar-refractivity contribution < 1.29 is 12.8 Å². The third-order valence-corrected chi connectivity index (χ3v) is 4.13. The van der Waals surface area contributed by atoms with Crippen LogP contribution in [0.1, 0.15) is 19.4 Å². The second kappa shape index (κ2) is 4.66. The predicted molar refractivity (Wildman–Crippen MR) is 69.2 cm³/mol. The summed E-state index contributed by atoms with van der Waals surface area (Å²) in [6, 6.07) is 2.81. The van der Waals surface area contributed by atoms with Gasteiger partial charge in [-0.15, -0.1) is 0 Å². The molecular weight excluding hydrogens is 309 g/mol. The van der Waals surface area contributed by atoms with E-state index in [9.17, 15) is 12.8 Å². The Morgan fingerprint density at radius 3 is 2.29 bits per heavy atom. The monoisotopic (exact) mass is 323 g/mol. The van der Waals surface area contributed by atoms with Gasteiger partial charge in [0.15, 0.2) is 9.84 Å². The molecule has 96 valence electrons. The molecule has 0 radical (unpaired) electrons. The Morgan fingerprint density at radius 2 is 1.94 bits per heavy atom. The molecule has 17 heavy (non-hydrogen) atoms. The number of benzene rings is 1. The lowest BCUT2D eigenvalue weighted by molar-refractivity contribution is 0.512. The van der Waals surface area contributed by atoms with Crippen LogP contribution in [0.3, 0.4) is 0 Å². The zero-order valence-electron chi connectivity index (χ0n) is 9.92. The SMILES string of the molecule is CC(C)(N)Cc1cc(F)c(S(C)(=O)=O)c(Br)c1. The highest BCUT2D eigenvalue weighted by Gasteiger charge is 2.20. The van der Waals surface area contributed by atoms with E-state index in [1.165, 1.54) is 6.07 Å². The van der Waals surface area contributed by atoms with Crippen molar-refractivity contribution in [1.82, 2.24) is 0 Å². The molecule has 0 aliphatic rings. The van der Waals surface area contributed by atoms with Crippen LogP contribution in [0.5, 0.6) is 0 Å². The van der Waals surface area contributed by atoms with Crippen LogP contribution in [-0.4, -0.2) is 20.2 Å². The zero-order valence-corrected chi connectivity index (χ0v) is 12.3. The van der Waals surface area contributed by atoms with Crippen molar-refractivity contribution in [3.63, 3.8) is 0 Å². The first-order valence-electron chi connectivity index (χ1n) is 4.97. The molecule has 0 aromatic heterocycles. The van der Waals surface area contributed by atoms with Crippen LogP contribution in [0.25, 0.3) is 0 Å². The molecule has 0 atom stereocenters. The van der Waals surface area contributed by atoms with Gasteiger partial charge in [0.2, 0.25) is 0 Å². The summed E-state index contributed by atoms with van der Waals surface area (Å²) in [6.45, 7) is 3.65. The molecule has 6 heteroatoms. The second-order valence-electron chi connectivity index (χ2n) is 4.83. The second-order valence-corrected chi connectivity index (χ2v) is 7.63. The van der Waals surface area contributed by atoms with Gasteiger partial charge in [0, 0.05) is 16.3 Å². The Hall–Kier alpha value is -0.460. The van der Waals surface area contributed by atoms with E-state index in [1.54, 1.807) is 6.07 Å². The standard InChI is InChI=1S/C11H15BrFNO2S/c1-11(2,14)6-7-4-8(12)10(9(13)5-7)17(3,15)16/h4-5H,6,14H2,1-3H3. The molecule has 0 spiro atoms. The van der Waals surface area contributed by atoms with Gasteiger partial charge in [0.05, 0.1) is 0 Å². The van der Waals surface area contributed by atoms with Crippen molar-refractivity contribution in [2.24, 2.45) is 5.73 Å². The Morgan fingerprint density at radius 1 is 1.41 bits per heavy atom. The molecule has 0 amide bonds. The molecular formula is C11H15BrFNO2S. The van der Waals surface area contributed by atoms with Crippen molar-refractivity contribution >= 4 is 25.8 Å². The van der Waals surface area contributed by atoms with E-state index in [0.29, 0.717) is 12.0 Å². The maximum absolute atomic E-state index is 13.7. The number of nitrogens with two attached hydrogens (primary N) is 1. The van der Waals surface area contributed by atoms with E-state index in [1.807, 2.05) is 13.8 Å². The van der Waals surface area contributed by atoms with Gasteiger partial charge in [0.1, 0.15) is 10.7 Å². The minimum atomic E-state index is -3.58. The zero-order chi connectivity index (χ0) is 13.4. The highest BCUT2D eigenvalue weighted by atomic mass is 79.9. The first-order valence-corrected chi connectivity index (χ1v) is 7.66. The van der Waals surface area contributed by atoms with Crippen molar-refractivity contribution in [2.75, 3.05) is 6.26 Å². The van der Waals surface area contributed by atoms with E-state index in [4.69, 9.17) is 5.73 Å². The highest BCUT2D eigenvalue weighted by molar-refractivity contribution is 9.10. The van der Waals surface area contributed by atoms with Crippen LogP contribution in [0, 0.1) is 5.82 Å². The average molecular weight is 324 g/mol. The summed E-state index contributed by atoms with van der Waals surface area (Å²) in [5.41, 5.74) is 6.02. The Labute approximate surface area is 109 Å². The quantitative estimate of drug-likeness (QED) is 0.928. The smallest absolute Gasteiger partial charge is 0.179 e. The molecule has 1 rings (SSSR count). The Balaban J connectivity index is 3.29. The van der Waals surface area contributed by atoms with Gasteiger partial charge in [-0.3, -0.25) is 0 Å². The number of hydrogen-bond donors (Lipinski definition) is 1. The molecule has 0 unspecified atom stereocenters. The normalized spacial score (nSPS) is 12.8. The van der Waals surface area contributed by atoms with E-state index >= 15 is 0 Å². The largest absolute Gasteiger partial charge is 0.325 e. The molecule has 0 aliphatic heterocycles.